The molecule has 8 heteroatoms. The first-order valence-corrected chi connectivity index (χ1v) is 8.30. The SMILES string of the molecule is CC(C)N(CC(N)=S)S(=O)(=O)Cc1cccc(C(F)F)c1. The standard InChI is InChI=1S/C13H18F2N2O2S2/c1-9(2)17(7-12(16)20)21(18,19)8-10-4-3-5-11(6-10)13(14)15/h3-6,9,13H,7-8H2,1-2H3,(H2,16,20). The van der Waals surface area contributed by atoms with Crippen molar-refractivity contribution in [3.63, 3.8) is 0 Å². The molecular formula is C13H18F2N2O2S2. The Labute approximate surface area is 129 Å². The molecule has 0 spiro atoms. The van der Waals surface area contributed by atoms with Crippen molar-refractivity contribution in [2.45, 2.75) is 32.1 Å². The molecule has 1 rings (SSSR count). The number of hydrogen-bond acceptors (Lipinski definition) is 3. The Balaban J connectivity index is 3.02. The molecule has 118 valence electrons. The average Bonchev–Trinajstić information content (AvgIpc) is 2.35. The molecule has 4 nitrogen and oxygen atoms in total. The van der Waals surface area contributed by atoms with Gasteiger partial charge in [-0.25, -0.2) is 17.2 Å². The summed E-state index contributed by atoms with van der Waals surface area (Å²) in [6.45, 7) is 3.33. The fraction of sp³-hybridized carbons (Fsp3) is 0.462. The Kier molecular flexibility index (Phi) is 6.18. The van der Waals surface area contributed by atoms with Gasteiger partial charge in [0.15, 0.2) is 0 Å². The number of thiocarbonyl (C=S) groups is 1. The number of benzene rings is 1. The van der Waals surface area contributed by atoms with E-state index < -0.39 is 16.4 Å². The lowest BCUT2D eigenvalue weighted by atomic mass is 10.1. The Bertz CT molecular complexity index is 604. The lowest BCUT2D eigenvalue weighted by Gasteiger charge is -2.25. The second kappa shape index (κ2) is 7.24. The van der Waals surface area contributed by atoms with E-state index in [2.05, 4.69) is 0 Å². The van der Waals surface area contributed by atoms with Gasteiger partial charge in [0.05, 0.1) is 17.3 Å². The Morgan fingerprint density at radius 2 is 2.00 bits per heavy atom. The maximum absolute atomic E-state index is 12.6. The highest BCUT2D eigenvalue weighted by Crippen LogP contribution is 2.21. The number of rotatable bonds is 7. The molecule has 0 aliphatic heterocycles. The predicted octanol–water partition coefficient (Wildman–Crippen LogP) is 2.45. The van der Waals surface area contributed by atoms with E-state index in [1.165, 1.54) is 28.6 Å². The third kappa shape index (κ3) is 5.29. The molecule has 0 atom stereocenters. The summed E-state index contributed by atoms with van der Waals surface area (Å²) in [7, 11) is -3.69. The number of alkyl halides is 2. The number of hydrogen-bond donors (Lipinski definition) is 1. The van der Waals surface area contributed by atoms with Gasteiger partial charge in [0.2, 0.25) is 10.0 Å². The molecule has 0 saturated heterocycles. The second-order valence-electron chi connectivity index (χ2n) is 4.91. The molecule has 21 heavy (non-hydrogen) atoms. The van der Waals surface area contributed by atoms with Gasteiger partial charge in [-0.1, -0.05) is 30.4 Å². The summed E-state index contributed by atoms with van der Waals surface area (Å²) in [6, 6.07) is 5.05. The van der Waals surface area contributed by atoms with E-state index in [0.29, 0.717) is 5.56 Å². The quantitative estimate of drug-likeness (QED) is 0.777. The Hall–Kier alpha value is -1.12. The molecule has 0 unspecified atom stereocenters. The van der Waals surface area contributed by atoms with Gasteiger partial charge in [0.1, 0.15) is 0 Å². The van der Waals surface area contributed by atoms with Crippen LogP contribution in [0.15, 0.2) is 24.3 Å². The molecule has 0 aromatic heterocycles. The third-order valence-corrected chi connectivity index (χ3v) is 4.89. The zero-order valence-electron chi connectivity index (χ0n) is 11.8. The van der Waals surface area contributed by atoms with Gasteiger partial charge in [-0.2, -0.15) is 4.31 Å². The highest BCUT2D eigenvalue weighted by molar-refractivity contribution is 7.88. The van der Waals surface area contributed by atoms with E-state index in [1.807, 2.05) is 0 Å². The number of halogens is 2. The van der Waals surface area contributed by atoms with Crippen LogP contribution in [0.5, 0.6) is 0 Å². The van der Waals surface area contributed by atoms with E-state index in [1.54, 1.807) is 13.8 Å². The van der Waals surface area contributed by atoms with Crippen molar-refractivity contribution in [3.05, 3.63) is 35.4 Å². The molecule has 1 aromatic carbocycles. The molecule has 0 aliphatic rings. The van der Waals surface area contributed by atoms with Crippen LogP contribution in [0.4, 0.5) is 8.78 Å². The number of nitrogens with two attached hydrogens (primary N) is 1. The van der Waals surface area contributed by atoms with E-state index in [9.17, 15) is 17.2 Å². The summed E-state index contributed by atoms with van der Waals surface area (Å²) in [5.74, 6) is -0.367. The van der Waals surface area contributed by atoms with Gasteiger partial charge in [-0.05, 0) is 25.5 Å². The molecular weight excluding hydrogens is 318 g/mol. The summed E-state index contributed by atoms with van der Waals surface area (Å²) >= 11 is 4.75. The average molecular weight is 336 g/mol. The van der Waals surface area contributed by atoms with E-state index in [0.717, 1.165) is 0 Å². The van der Waals surface area contributed by atoms with Crippen LogP contribution in [0, 0.1) is 0 Å². The maximum Gasteiger partial charge on any atom is 0.263 e. The summed E-state index contributed by atoms with van der Waals surface area (Å²) in [5, 5.41) is 0. The summed E-state index contributed by atoms with van der Waals surface area (Å²) in [4.78, 5) is 0.0635. The van der Waals surface area contributed by atoms with Gasteiger partial charge in [-0.3, -0.25) is 0 Å². The molecule has 0 radical (unpaired) electrons. The summed E-state index contributed by atoms with van der Waals surface area (Å²) in [5.41, 5.74) is 5.52. The van der Waals surface area contributed by atoms with Crippen LogP contribution in [0.2, 0.25) is 0 Å². The minimum atomic E-state index is -3.69. The van der Waals surface area contributed by atoms with Crippen molar-refractivity contribution < 1.29 is 17.2 Å². The molecule has 0 fully saturated rings. The van der Waals surface area contributed by atoms with Gasteiger partial charge in [0, 0.05) is 11.6 Å². The Morgan fingerprint density at radius 1 is 1.38 bits per heavy atom. The number of nitrogens with zero attached hydrogens (tertiary/aromatic N) is 1. The van der Waals surface area contributed by atoms with Crippen molar-refractivity contribution in [2.75, 3.05) is 6.54 Å². The lowest BCUT2D eigenvalue weighted by Crippen LogP contribution is -2.42. The normalized spacial score (nSPS) is 12.3. The maximum atomic E-state index is 12.6. The van der Waals surface area contributed by atoms with Crippen LogP contribution in [-0.2, 0) is 15.8 Å². The molecule has 2 N–H and O–H groups in total. The summed E-state index contributed by atoms with van der Waals surface area (Å²) < 4.78 is 51.2. The van der Waals surface area contributed by atoms with Crippen molar-refractivity contribution in [1.29, 1.82) is 0 Å². The highest BCUT2D eigenvalue weighted by Gasteiger charge is 2.26. The van der Waals surface area contributed by atoms with Crippen molar-refractivity contribution >= 4 is 27.2 Å². The first-order chi connectivity index (χ1) is 9.63. The first-order valence-electron chi connectivity index (χ1n) is 6.28. The van der Waals surface area contributed by atoms with Crippen molar-refractivity contribution in [1.82, 2.24) is 4.31 Å². The van der Waals surface area contributed by atoms with Crippen molar-refractivity contribution in [3.8, 4) is 0 Å². The fourth-order valence-electron chi connectivity index (χ4n) is 1.87. The second-order valence-corrected chi connectivity index (χ2v) is 7.35. The van der Waals surface area contributed by atoms with Gasteiger partial charge >= 0.3 is 0 Å². The molecule has 0 heterocycles. The van der Waals surface area contributed by atoms with Crippen LogP contribution < -0.4 is 5.73 Å². The van der Waals surface area contributed by atoms with E-state index >= 15 is 0 Å². The zero-order chi connectivity index (χ0) is 16.2. The zero-order valence-corrected chi connectivity index (χ0v) is 13.4. The molecule has 0 amide bonds. The van der Waals surface area contributed by atoms with Crippen LogP contribution in [-0.4, -0.2) is 30.3 Å². The topological polar surface area (TPSA) is 63.4 Å². The molecule has 0 aliphatic carbocycles. The Morgan fingerprint density at radius 3 is 2.48 bits per heavy atom. The van der Waals surface area contributed by atoms with Gasteiger partial charge in [-0.15, -0.1) is 0 Å². The van der Waals surface area contributed by atoms with E-state index in [4.69, 9.17) is 18.0 Å². The lowest BCUT2D eigenvalue weighted by molar-refractivity contribution is 0.151. The predicted molar refractivity (Wildman–Crippen MR) is 82.7 cm³/mol. The monoisotopic (exact) mass is 336 g/mol. The minimum Gasteiger partial charge on any atom is -0.392 e. The van der Waals surface area contributed by atoms with Gasteiger partial charge in [0.25, 0.3) is 6.43 Å². The largest absolute Gasteiger partial charge is 0.392 e. The van der Waals surface area contributed by atoms with Crippen LogP contribution >= 0.6 is 12.2 Å². The van der Waals surface area contributed by atoms with Gasteiger partial charge < -0.3 is 5.73 Å². The van der Waals surface area contributed by atoms with Crippen LogP contribution in [0.3, 0.4) is 0 Å². The fourth-order valence-corrected chi connectivity index (χ4v) is 3.83. The molecule has 0 saturated carbocycles. The smallest absolute Gasteiger partial charge is 0.263 e. The molecule has 1 aromatic rings. The minimum absolute atomic E-state index is 0.0635. The first kappa shape index (κ1) is 17.9. The van der Waals surface area contributed by atoms with Crippen LogP contribution in [0.25, 0.3) is 0 Å². The van der Waals surface area contributed by atoms with Crippen LogP contribution in [0.1, 0.15) is 31.4 Å². The van der Waals surface area contributed by atoms with Crippen molar-refractivity contribution in [2.24, 2.45) is 5.73 Å². The third-order valence-electron chi connectivity index (χ3n) is 2.80. The van der Waals surface area contributed by atoms with E-state index in [-0.39, 0.29) is 28.9 Å². The summed E-state index contributed by atoms with van der Waals surface area (Å²) in [6.07, 6.45) is -2.63. The number of sulfonamides is 1. The highest BCUT2D eigenvalue weighted by atomic mass is 32.2. The molecule has 0 bridgehead atoms.